The van der Waals surface area contributed by atoms with Crippen LogP contribution in [0, 0.1) is 5.82 Å². The maximum Gasteiger partial charge on any atom is 0.123 e. The second kappa shape index (κ2) is 7.68. The van der Waals surface area contributed by atoms with E-state index in [1.165, 1.54) is 37.0 Å². The Bertz CT molecular complexity index is 417. The first kappa shape index (κ1) is 14.6. The molecule has 1 atom stereocenters. The Morgan fingerprint density at radius 1 is 1.21 bits per heavy atom. The van der Waals surface area contributed by atoms with E-state index in [4.69, 9.17) is 5.84 Å². The van der Waals surface area contributed by atoms with Crippen LogP contribution in [0.2, 0.25) is 0 Å². The van der Waals surface area contributed by atoms with Crippen LogP contribution in [-0.4, -0.2) is 11.8 Å². The highest BCUT2D eigenvalue weighted by Gasteiger charge is 2.14. The van der Waals surface area contributed by atoms with Crippen LogP contribution in [0.15, 0.2) is 40.8 Å². The van der Waals surface area contributed by atoms with E-state index in [0.29, 0.717) is 0 Å². The number of halogens is 1. The summed E-state index contributed by atoms with van der Waals surface area (Å²) >= 11 is 1.71. The number of nitrogens with two attached hydrogens (primary N) is 1. The molecule has 0 amide bonds. The molecule has 0 saturated carbocycles. The van der Waals surface area contributed by atoms with Crippen molar-refractivity contribution in [3.63, 3.8) is 0 Å². The molecule has 0 aromatic heterocycles. The molecule has 0 fully saturated rings. The summed E-state index contributed by atoms with van der Waals surface area (Å²) in [6.45, 7) is 0. The quantitative estimate of drug-likeness (QED) is 0.374. The SMILES string of the molecule is NNC(CSc1ccc(F)cc1)C1=CCCCCC1. The van der Waals surface area contributed by atoms with E-state index in [0.717, 1.165) is 23.5 Å². The van der Waals surface area contributed by atoms with Gasteiger partial charge in [0.05, 0.1) is 6.04 Å². The zero-order valence-corrected chi connectivity index (χ0v) is 11.9. The fraction of sp³-hybridized carbons (Fsp3) is 0.467. The van der Waals surface area contributed by atoms with Crippen molar-refractivity contribution < 1.29 is 4.39 Å². The molecule has 3 N–H and O–H groups in total. The van der Waals surface area contributed by atoms with Gasteiger partial charge in [0.1, 0.15) is 5.82 Å². The van der Waals surface area contributed by atoms with Gasteiger partial charge in [0.15, 0.2) is 0 Å². The van der Waals surface area contributed by atoms with E-state index in [-0.39, 0.29) is 11.9 Å². The van der Waals surface area contributed by atoms with Crippen LogP contribution in [0.5, 0.6) is 0 Å². The number of hydrazine groups is 1. The van der Waals surface area contributed by atoms with Crippen LogP contribution in [0.25, 0.3) is 0 Å². The third kappa shape index (κ3) is 4.64. The molecule has 1 aromatic carbocycles. The number of hydrogen-bond donors (Lipinski definition) is 2. The number of rotatable bonds is 5. The van der Waals surface area contributed by atoms with E-state index in [1.54, 1.807) is 11.8 Å². The van der Waals surface area contributed by atoms with Crippen LogP contribution in [0.1, 0.15) is 32.1 Å². The van der Waals surface area contributed by atoms with Gasteiger partial charge in [0, 0.05) is 10.6 Å². The van der Waals surface area contributed by atoms with E-state index >= 15 is 0 Å². The van der Waals surface area contributed by atoms with E-state index in [1.807, 2.05) is 12.1 Å². The minimum Gasteiger partial charge on any atom is -0.271 e. The molecule has 1 aliphatic rings. The molecule has 2 rings (SSSR count). The highest BCUT2D eigenvalue weighted by atomic mass is 32.2. The van der Waals surface area contributed by atoms with Crippen LogP contribution >= 0.6 is 11.8 Å². The number of nitrogens with one attached hydrogen (secondary N) is 1. The standard InChI is InChI=1S/C15H21FN2S/c16-13-7-9-14(10-8-13)19-11-15(18-17)12-5-3-1-2-4-6-12/h5,7-10,15,18H,1-4,6,11,17H2. The summed E-state index contributed by atoms with van der Waals surface area (Å²) in [5.41, 5.74) is 4.34. The van der Waals surface area contributed by atoms with Gasteiger partial charge in [-0.1, -0.05) is 18.1 Å². The predicted octanol–water partition coefficient (Wildman–Crippen LogP) is 3.64. The van der Waals surface area contributed by atoms with E-state index in [2.05, 4.69) is 11.5 Å². The first-order valence-electron chi connectivity index (χ1n) is 6.83. The van der Waals surface area contributed by atoms with Crippen LogP contribution in [0.4, 0.5) is 4.39 Å². The lowest BCUT2D eigenvalue weighted by atomic mass is 10.0. The molecular formula is C15H21FN2S. The fourth-order valence-corrected chi connectivity index (χ4v) is 3.33. The molecule has 104 valence electrons. The van der Waals surface area contributed by atoms with Gasteiger partial charge in [-0.05, 0) is 49.9 Å². The van der Waals surface area contributed by atoms with Crippen molar-refractivity contribution in [3.8, 4) is 0 Å². The van der Waals surface area contributed by atoms with Gasteiger partial charge in [-0.15, -0.1) is 11.8 Å². The largest absolute Gasteiger partial charge is 0.271 e. The minimum absolute atomic E-state index is 0.190. The number of benzene rings is 1. The summed E-state index contributed by atoms with van der Waals surface area (Å²) < 4.78 is 12.8. The predicted molar refractivity (Wildman–Crippen MR) is 79.4 cm³/mol. The molecule has 1 aromatic rings. The summed E-state index contributed by atoms with van der Waals surface area (Å²) in [5.74, 6) is 6.37. The summed E-state index contributed by atoms with van der Waals surface area (Å²) in [6.07, 6.45) is 8.48. The lowest BCUT2D eigenvalue weighted by molar-refractivity contribution is 0.611. The Hall–Kier alpha value is -0.840. The Morgan fingerprint density at radius 3 is 2.74 bits per heavy atom. The fourth-order valence-electron chi connectivity index (χ4n) is 2.33. The van der Waals surface area contributed by atoms with Crippen LogP contribution < -0.4 is 11.3 Å². The van der Waals surface area contributed by atoms with Crippen molar-refractivity contribution >= 4 is 11.8 Å². The maximum absolute atomic E-state index is 12.8. The topological polar surface area (TPSA) is 38.0 Å². The van der Waals surface area contributed by atoms with Crippen molar-refractivity contribution in [2.75, 3.05) is 5.75 Å². The average molecular weight is 280 g/mol. The van der Waals surface area contributed by atoms with Gasteiger partial charge in [-0.25, -0.2) is 4.39 Å². The Labute approximate surface area is 118 Å². The smallest absolute Gasteiger partial charge is 0.123 e. The lowest BCUT2D eigenvalue weighted by Gasteiger charge is -2.19. The Balaban J connectivity index is 1.91. The number of hydrogen-bond acceptors (Lipinski definition) is 3. The molecule has 0 bridgehead atoms. The monoisotopic (exact) mass is 280 g/mol. The third-order valence-electron chi connectivity index (χ3n) is 3.46. The van der Waals surface area contributed by atoms with Gasteiger partial charge in [-0.3, -0.25) is 11.3 Å². The molecule has 0 radical (unpaired) electrons. The second-order valence-corrected chi connectivity index (χ2v) is 5.96. The van der Waals surface area contributed by atoms with Gasteiger partial charge in [0.2, 0.25) is 0 Å². The summed E-state index contributed by atoms with van der Waals surface area (Å²) in [5, 5.41) is 0. The van der Waals surface area contributed by atoms with Gasteiger partial charge < -0.3 is 0 Å². The average Bonchev–Trinajstić information content (AvgIpc) is 2.71. The molecule has 4 heteroatoms. The summed E-state index contributed by atoms with van der Waals surface area (Å²) in [6, 6.07) is 6.84. The molecule has 0 heterocycles. The van der Waals surface area contributed by atoms with Gasteiger partial charge in [0.25, 0.3) is 0 Å². The maximum atomic E-state index is 12.8. The highest BCUT2D eigenvalue weighted by Crippen LogP contribution is 2.25. The minimum atomic E-state index is -0.190. The van der Waals surface area contributed by atoms with Crippen molar-refractivity contribution in [2.45, 2.75) is 43.0 Å². The van der Waals surface area contributed by atoms with Crippen molar-refractivity contribution in [2.24, 2.45) is 5.84 Å². The number of allylic oxidation sites excluding steroid dienone is 1. The second-order valence-electron chi connectivity index (χ2n) is 4.86. The molecule has 19 heavy (non-hydrogen) atoms. The third-order valence-corrected chi connectivity index (χ3v) is 4.56. The zero-order chi connectivity index (χ0) is 13.5. The molecule has 1 unspecified atom stereocenters. The molecule has 0 saturated heterocycles. The molecule has 2 nitrogen and oxygen atoms in total. The Kier molecular flexibility index (Phi) is 5.89. The Morgan fingerprint density at radius 2 is 2.00 bits per heavy atom. The summed E-state index contributed by atoms with van der Waals surface area (Å²) in [7, 11) is 0. The van der Waals surface area contributed by atoms with E-state index in [9.17, 15) is 4.39 Å². The molecular weight excluding hydrogens is 259 g/mol. The normalized spacial score (nSPS) is 17.7. The zero-order valence-electron chi connectivity index (χ0n) is 11.1. The van der Waals surface area contributed by atoms with E-state index < -0.39 is 0 Å². The van der Waals surface area contributed by atoms with Gasteiger partial charge >= 0.3 is 0 Å². The van der Waals surface area contributed by atoms with Crippen molar-refractivity contribution in [1.29, 1.82) is 0 Å². The van der Waals surface area contributed by atoms with Crippen molar-refractivity contribution in [3.05, 3.63) is 41.7 Å². The summed E-state index contributed by atoms with van der Waals surface area (Å²) in [4.78, 5) is 1.08. The van der Waals surface area contributed by atoms with Crippen molar-refractivity contribution in [1.82, 2.24) is 5.43 Å². The molecule has 1 aliphatic carbocycles. The van der Waals surface area contributed by atoms with Crippen LogP contribution in [0.3, 0.4) is 0 Å². The molecule has 0 aliphatic heterocycles. The first-order valence-corrected chi connectivity index (χ1v) is 7.81. The first-order chi connectivity index (χ1) is 9.29. The lowest BCUT2D eigenvalue weighted by Crippen LogP contribution is -2.38. The molecule has 0 spiro atoms. The number of thioether (sulfide) groups is 1. The van der Waals surface area contributed by atoms with Crippen LogP contribution in [-0.2, 0) is 0 Å². The van der Waals surface area contributed by atoms with Gasteiger partial charge in [-0.2, -0.15) is 0 Å². The highest BCUT2D eigenvalue weighted by molar-refractivity contribution is 7.99.